The molecule has 2 aromatic carbocycles. The Kier molecular flexibility index (Phi) is 5.48. The van der Waals surface area contributed by atoms with Gasteiger partial charge in [0.1, 0.15) is 0 Å². The van der Waals surface area contributed by atoms with Crippen LogP contribution in [0.25, 0.3) is 10.9 Å². The molecule has 4 rings (SSSR count). The number of benzene rings is 2. The van der Waals surface area contributed by atoms with Gasteiger partial charge in [-0.3, -0.25) is 9.59 Å². The zero-order valence-corrected chi connectivity index (χ0v) is 17.4. The fourth-order valence-corrected chi connectivity index (χ4v) is 4.39. The highest BCUT2D eigenvalue weighted by molar-refractivity contribution is 5.89. The number of carbonyl (C=O) groups is 2. The molecule has 0 saturated heterocycles. The molecule has 0 unspecified atom stereocenters. The Labute approximate surface area is 176 Å². The van der Waals surface area contributed by atoms with Crippen molar-refractivity contribution in [1.82, 2.24) is 9.88 Å². The lowest BCUT2D eigenvalue weighted by molar-refractivity contribution is -0.136. The fourth-order valence-electron chi connectivity index (χ4n) is 4.39. The number of carbonyl (C=O) groups excluding carboxylic acids is 1. The van der Waals surface area contributed by atoms with Crippen LogP contribution in [0.5, 0.6) is 0 Å². The van der Waals surface area contributed by atoms with Gasteiger partial charge in [-0.25, -0.2) is 0 Å². The van der Waals surface area contributed by atoms with Crippen LogP contribution < -0.4 is 10.2 Å². The molecule has 0 fully saturated rings. The molecule has 2 heterocycles. The van der Waals surface area contributed by atoms with Crippen molar-refractivity contribution in [3.63, 3.8) is 0 Å². The van der Waals surface area contributed by atoms with Gasteiger partial charge in [0.15, 0.2) is 0 Å². The smallest absolute Gasteiger partial charge is 0.307 e. The van der Waals surface area contributed by atoms with Gasteiger partial charge in [0.2, 0.25) is 5.91 Å². The van der Waals surface area contributed by atoms with Crippen molar-refractivity contribution < 1.29 is 14.7 Å². The van der Waals surface area contributed by atoms with Gasteiger partial charge in [0, 0.05) is 49.0 Å². The normalized spacial score (nSPS) is 15.6. The second-order valence-electron chi connectivity index (χ2n) is 8.16. The monoisotopic (exact) mass is 405 g/mol. The number of fused-ring (bicyclic) bond motifs is 3. The lowest BCUT2D eigenvalue weighted by Gasteiger charge is -2.27. The lowest BCUT2D eigenvalue weighted by Crippen LogP contribution is -2.41. The number of nitrogens with one attached hydrogen (secondary N) is 1. The van der Waals surface area contributed by atoms with Crippen LogP contribution in [0.4, 0.5) is 5.69 Å². The topological polar surface area (TPSA) is 74.6 Å². The molecule has 0 radical (unpaired) electrons. The van der Waals surface area contributed by atoms with Gasteiger partial charge in [-0.2, -0.15) is 0 Å². The number of hydrogen-bond acceptors (Lipinski definition) is 3. The fraction of sp³-hybridized carbons (Fsp3) is 0.333. The molecule has 6 nitrogen and oxygen atoms in total. The van der Waals surface area contributed by atoms with Crippen molar-refractivity contribution in [1.29, 1.82) is 0 Å². The van der Waals surface area contributed by atoms with Crippen molar-refractivity contribution in [3.8, 4) is 0 Å². The summed E-state index contributed by atoms with van der Waals surface area (Å²) < 4.78 is 2.19. The summed E-state index contributed by atoms with van der Waals surface area (Å²) in [5.74, 6) is -0.798. The Hall–Kier alpha value is -3.28. The van der Waals surface area contributed by atoms with Gasteiger partial charge in [0.05, 0.1) is 12.8 Å². The number of rotatable bonds is 6. The Balaban J connectivity index is 1.48. The van der Waals surface area contributed by atoms with Crippen LogP contribution >= 0.6 is 0 Å². The predicted molar refractivity (Wildman–Crippen MR) is 118 cm³/mol. The van der Waals surface area contributed by atoms with E-state index in [4.69, 9.17) is 0 Å². The number of aromatic nitrogens is 1. The van der Waals surface area contributed by atoms with E-state index in [1.54, 1.807) is 0 Å². The Morgan fingerprint density at radius 3 is 2.53 bits per heavy atom. The molecule has 3 aromatic rings. The Morgan fingerprint density at radius 1 is 1.10 bits per heavy atom. The largest absolute Gasteiger partial charge is 0.481 e. The van der Waals surface area contributed by atoms with Crippen molar-refractivity contribution in [2.75, 3.05) is 19.0 Å². The molecule has 0 spiro atoms. The van der Waals surface area contributed by atoms with E-state index in [1.807, 2.05) is 67.5 Å². The van der Waals surface area contributed by atoms with E-state index in [0.717, 1.165) is 46.3 Å². The highest BCUT2D eigenvalue weighted by atomic mass is 16.4. The van der Waals surface area contributed by atoms with Gasteiger partial charge in [-0.05, 0) is 42.2 Å². The first kappa shape index (κ1) is 20.0. The molecule has 2 N–H and O–H groups in total. The number of para-hydroxylation sites is 1. The minimum Gasteiger partial charge on any atom is -0.481 e. The van der Waals surface area contributed by atoms with Crippen molar-refractivity contribution in [3.05, 3.63) is 65.4 Å². The second kappa shape index (κ2) is 8.22. The molecule has 1 aliphatic rings. The molecule has 0 aliphatic carbocycles. The third-order valence-electron chi connectivity index (χ3n) is 5.84. The molecule has 1 aromatic heterocycles. The van der Waals surface area contributed by atoms with Crippen molar-refractivity contribution >= 4 is 28.5 Å². The summed E-state index contributed by atoms with van der Waals surface area (Å²) in [7, 11) is 3.98. The van der Waals surface area contributed by atoms with Crippen molar-refractivity contribution in [2.24, 2.45) is 0 Å². The van der Waals surface area contributed by atoms with Crippen LogP contribution in [0.15, 0.2) is 48.5 Å². The highest BCUT2D eigenvalue weighted by Gasteiger charge is 2.26. The Morgan fingerprint density at radius 2 is 1.83 bits per heavy atom. The highest BCUT2D eigenvalue weighted by Crippen LogP contribution is 2.31. The van der Waals surface area contributed by atoms with E-state index in [-0.39, 0.29) is 18.4 Å². The molecule has 30 heavy (non-hydrogen) atoms. The third-order valence-corrected chi connectivity index (χ3v) is 5.84. The molecule has 0 saturated carbocycles. The number of aliphatic carboxylic acids is 1. The molecule has 0 bridgehead atoms. The summed E-state index contributed by atoms with van der Waals surface area (Å²) in [4.78, 5) is 26.0. The quantitative estimate of drug-likeness (QED) is 0.661. The molecule has 6 heteroatoms. The maximum Gasteiger partial charge on any atom is 0.307 e. The van der Waals surface area contributed by atoms with E-state index in [0.29, 0.717) is 13.0 Å². The second-order valence-corrected chi connectivity index (χ2v) is 8.16. The first-order chi connectivity index (χ1) is 14.4. The van der Waals surface area contributed by atoms with Gasteiger partial charge in [-0.15, -0.1) is 0 Å². The minimum absolute atomic E-state index is 0.0169. The van der Waals surface area contributed by atoms with Crippen LogP contribution in [-0.2, 0) is 35.4 Å². The number of carboxylic acids is 1. The Bertz CT molecular complexity index is 1080. The summed E-state index contributed by atoms with van der Waals surface area (Å²) in [5.41, 5.74) is 5.13. The van der Waals surface area contributed by atoms with Crippen LogP contribution in [0.3, 0.4) is 0 Å². The average molecular weight is 405 g/mol. The first-order valence-electron chi connectivity index (χ1n) is 10.3. The van der Waals surface area contributed by atoms with E-state index >= 15 is 0 Å². The molecule has 1 amide bonds. The number of amides is 1. The zero-order valence-electron chi connectivity index (χ0n) is 17.4. The maximum absolute atomic E-state index is 12.6. The number of carboxylic acid groups (broad SMARTS) is 1. The van der Waals surface area contributed by atoms with Gasteiger partial charge in [-0.1, -0.05) is 30.3 Å². The van der Waals surface area contributed by atoms with Gasteiger partial charge < -0.3 is 19.9 Å². The summed E-state index contributed by atoms with van der Waals surface area (Å²) >= 11 is 0. The number of hydrogen-bond donors (Lipinski definition) is 2. The third kappa shape index (κ3) is 4.03. The summed E-state index contributed by atoms with van der Waals surface area (Å²) in [6.45, 7) is 0.667. The van der Waals surface area contributed by atoms with Crippen LogP contribution in [0.1, 0.15) is 23.2 Å². The average Bonchev–Trinajstić information content (AvgIpc) is 3.01. The summed E-state index contributed by atoms with van der Waals surface area (Å²) in [6.07, 6.45) is 1.96. The van der Waals surface area contributed by atoms with Gasteiger partial charge >= 0.3 is 5.97 Å². The molecule has 156 valence electrons. The van der Waals surface area contributed by atoms with E-state index in [9.17, 15) is 14.7 Å². The standard InChI is InChI=1S/C24H27N3O3/c1-26(2)18-10-7-16(8-11-18)13-23(28)25-17-9-12-22-20(14-24(29)30)19-5-3-4-6-21(19)27(22)15-17/h3-8,10-11,17H,9,12-15H2,1-2H3,(H,25,28)(H,29,30)/t17-/m1/s1. The lowest BCUT2D eigenvalue weighted by atomic mass is 10.00. The van der Waals surface area contributed by atoms with E-state index in [1.165, 1.54) is 0 Å². The molecular formula is C24H27N3O3. The number of nitrogens with zero attached hydrogens (tertiary/aromatic N) is 2. The first-order valence-corrected chi connectivity index (χ1v) is 10.3. The summed E-state index contributed by atoms with van der Waals surface area (Å²) in [6, 6.07) is 16.0. The molecular weight excluding hydrogens is 378 g/mol. The summed E-state index contributed by atoms with van der Waals surface area (Å²) in [5, 5.41) is 13.5. The maximum atomic E-state index is 12.6. The number of anilines is 1. The van der Waals surface area contributed by atoms with E-state index in [2.05, 4.69) is 9.88 Å². The van der Waals surface area contributed by atoms with Crippen LogP contribution in [0.2, 0.25) is 0 Å². The molecule has 1 atom stereocenters. The van der Waals surface area contributed by atoms with Crippen LogP contribution in [0, 0.1) is 0 Å². The SMILES string of the molecule is CN(C)c1ccc(CC(=O)N[C@@H]2CCc3c(CC(=O)O)c4ccccc4n3C2)cc1. The van der Waals surface area contributed by atoms with Crippen molar-refractivity contribution in [2.45, 2.75) is 38.3 Å². The predicted octanol–water partition coefficient (Wildman–Crippen LogP) is 3.01. The van der Waals surface area contributed by atoms with Gasteiger partial charge in [0.25, 0.3) is 0 Å². The minimum atomic E-state index is -0.815. The van der Waals surface area contributed by atoms with Crippen LogP contribution in [-0.4, -0.2) is 41.7 Å². The zero-order chi connectivity index (χ0) is 21.3. The van der Waals surface area contributed by atoms with E-state index < -0.39 is 5.97 Å². The molecule has 1 aliphatic heterocycles.